The van der Waals surface area contributed by atoms with Crippen molar-refractivity contribution in [3.8, 4) is 5.75 Å². The van der Waals surface area contributed by atoms with Gasteiger partial charge in [-0.25, -0.2) is 0 Å². The van der Waals surface area contributed by atoms with Crippen LogP contribution in [0, 0.1) is 0 Å². The molecule has 0 saturated heterocycles. The summed E-state index contributed by atoms with van der Waals surface area (Å²) in [4.78, 5) is 11.6. The zero-order valence-corrected chi connectivity index (χ0v) is 11.4. The molecule has 0 aliphatic heterocycles. The average molecular weight is 262 g/mol. The highest BCUT2D eigenvalue weighted by Crippen LogP contribution is 2.24. The molecule has 0 spiro atoms. The second-order valence-electron chi connectivity index (χ2n) is 5.05. The van der Waals surface area contributed by atoms with E-state index in [1.807, 2.05) is 31.2 Å². The minimum absolute atomic E-state index is 0.146. The van der Waals surface area contributed by atoms with Crippen molar-refractivity contribution in [1.82, 2.24) is 0 Å². The topological polar surface area (TPSA) is 64.4 Å². The van der Waals surface area contributed by atoms with Gasteiger partial charge < -0.3 is 15.8 Å². The number of amides is 1. The Labute approximate surface area is 114 Å². The molecule has 0 bridgehead atoms. The molecular weight excluding hydrogens is 240 g/mol. The molecule has 3 N–H and O–H groups in total. The van der Waals surface area contributed by atoms with Gasteiger partial charge in [0.2, 0.25) is 5.91 Å². The first kappa shape index (κ1) is 13.9. The molecular formula is C15H22N2O2. The van der Waals surface area contributed by atoms with Crippen LogP contribution in [-0.2, 0) is 4.79 Å². The third-order valence-electron chi connectivity index (χ3n) is 3.50. The van der Waals surface area contributed by atoms with Crippen LogP contribution >= 0.6 is 0 Å². The van der Waals surface area contributed by atoms with E-state index in [0.717, 1.165) is 24.3 Å². The fourth-order valence-corrected chi connectivity index (χ4v) is 2.24. The largest absolute Gasteiger partial charge is 0.490 e. The fourth-order valence-electron chi connectivity index (χ4n) is 2.24. The Kier molecular flexibility index (Phi) is 4.80. The van der Waals surface area contributed by atoms with Crippen LogP contribution in [-0.4, -0.2) is 18.1 Å². The highest BCUT2D eigenvalue weighted by molar-refractivity contribution is 5.94. The minimum atomic E-state index is -0.450. The molecule has 1 aliphatic carbocycles. The van der Waals surface area contributed by atoms with Gasteiger partial charge in [-0.3, -0.25) is 4.79 Å². The van der Waals surface area contributed by atoms with Gasteiger partial charge in [-0.2, -0.15) is 0 Å². The zero-order chi connectivity index (χ0) is 13.7. The van der Waals surface area contributed by atoms with Crippen molar-refractivity contribution in [3.63, 3.8) is 0 Å². The number of benzene rings is 1. The summed E-state index contributed by atoms with van der Waals surface area (Å²) < 4.78 is 5.87. The van der Waals surface area contributed by atoms with Crippen LogP contribution in [0.4, 0.5) is 5.69 Å². The van der Waals surface area contributed by atoms with Crippen molar-refractivity contribution in [2.45, 2.75) is 51.2 Å². The standard InChI is InChI=1S/C15H22N2O2/c1-2-14(16)15(18)17-11-7-9-13(10-8-11)19-12-5-3-4-6-12/h7-10,12,14H,2-6,16H2,1H3,(H,17,18)/t14-/m1/s1. The van der Waals surface area contributed by atoms with Crippen molar-refractivity contribution < 1.29 is 9.53 Å². The summed E-state index contributed by atoms with van der Waals surface area (Å²) in [6, 6.07) is 7.04. The van der Waals surface area contributed by atoms with Gasteiger partial charge in [-0.15, -0.1) is 0 Å². The molecule has 0 unspecified atom stereocenters. The predicted molar refractivity (Wildman–Crippen MR) is 76.2 cm³/mol. The van der Waals surface area contributed by atoms with Crippen LogP contribution in [0.2, 0.25) is 0 Å². The lowest BCUT2D eigenvalue weighted by molar-refractivity contribution is -0.117. The number of hydrogen-bond donors (Lipinski definition) is 2. The van der Waals surface area contributed by atoms with Crippen LogP contribution in [0.5, 0.6) is 5.75 Å². The van der Waals surface area contributed by atoms with Gasteiger partial charge in [-0.1, -0.05) is 6.92 Å². The molecule has 0 radical (unpaired) electrons. The van der Waals surface area contributed by atoms with Crippen LogP contribution < -0.4 is 15.8 Å². The Morgan fingerprint density at radius 1 is 1.37 bits per heavy atom. The van der Waals surface area contributed by atoms with E-state index < -0.39 is 6.04 Å². The number of nitrogens with two attached hydrogens (primary N) is 1. The van der Waals surface area contributed by atoms with E-state index in [9.17, 15) is 4.79 Å². The Morgan fingerprint density at radius 2 is 2.00 bits per heavy atom. The lowest BCUT2D eigenvalue weighted by atomic mass is 10.2. The summed E-state index contributed by atoms with van der Waals surface area (Å²) in [6.07, 6.45) is 5.79. The van der Waals surface area contributed by atoms with Crippen molar-refractivity contribution in [2.75, 3.05) is 5.32 Å². The second-order valence-corrected chi connectivity index (χ2v) is 5.05. The normalized spacial score (nSPS) is 17.2. The zero-order valence-electron chi connectivity index (χ0n) is 11.4. The number of hydrogen-bond acceptors (Lipinski definition) is 3. The predicted octanol–water partition coefficient (Wildman–Crippen LogP) is 2.68. The molecule has 1 fully saturated rings. The molecule has 1 aliphatic rings. The van der Waals surface area contributed by atoms with E-state index in [-0.39, 0.29) is 5.91 Å². The average Bonchev–Trinajstić information content (AvgIpc) is 2.93. The lowest BCUT2D eigenvalue weighted by Crippen LogP contribution is -2.34. The molecule has 4 nitrogen and oxygen atoms in total. The van der Waals surface area contributed by atoms with E-state index in [4.69, 9.17) is 10.5 Å². The summed E-state index contributed by atoms with van der Waals surface area (Å²) in [5.41, 5.74) is 6.42. The van der Waals surface area contributed by atoms with Crippen LogP contribution in [0.15, 0.2) is 24.3 Å². The number of ether oxygens (including phenoxy) is 1. The van der Waals surface area contributed by atoms with Crippen molar-refractivity contribution in [3.05, 3.63) is 24.3 Å². The van der Waals surface area contributed by atoms with E-state index in [2.05, 4.69) is 5.32 Å². The molecule has 1 saturated carbocycles. The van der Waals surface area contributed by atoms with Gasteiger partial charge in [-0.05, 0) is 56.4 Å². The Bertz CT molecular complexity index is 411. The highest BCUT2D eigenvalue weighted by Gasteiger charge is 2.16. The number of carbonyl (C=O) groups is 1. The molecule has 104 valence electrons. The maximum Gasteiger partial charge on any atom is 0.241 e. The summed E-state index contributed by atoms with van der Waals surface area (Å²) in [7, 11) is 0. The molecule has 19 heavy (non-hydrogen) atoms. The Morgan fingerprint density at radius 3 is 2.58 bits per heavy atom. The molecule has 0 heterocycles. The van der Waals surface area contributed by atoms with Gasteiger partial charge in [0, 0.05) is 5.69 Å². The molecule has 4 heteroatoms. The second kappa shape index (κ2) is 6.57. The van der Waals surface area contributed by atoms with Crippen LogP contribution in [0.3, 0.4) is 0 Å². The summed E-state index contributed by atoms with van der Waals surface area (Å²) in [5, 5.41) is 2.79. The molecule has 0 aromatic heterocycles. The SMILES string of the molecule is CC[C@@H](N)C(=O)Nc1ccc(OC2CCCC2)cc1. The molecule has 2 rings (SSSR count). The monoisotopic (exact) mass is 262 g/mol. The van der Waals surface area contributed by atoms with Crippen molar-refractivity contribution in [2.24, 2.45) is 5.73 Å². The first-order chi connectivity index (χ1) is 9.19. The fraction of sp³-hybridized carbons (Fsp3) is 0.533. The molecule has 1 atom stereocenters. The summed E-state index contributed by atoms with van der Waals surface area (Å²) in [5.74, 6) is 0.719. The number of nitrogens with one attached hydrogen (secondary N) is 1. The summed E-state index contributed by atoms with van der Waals surface area (Å²) in [6.45, 7) is 1.89. The van der Waals surface area contributed by atoms with Crippen LogP contribution in [0.25, 0.3) is 0 Å². The number of rotatable bonds is 5. The third-order valence-corrected chi connectivity index (χ3v) is 3.50. The Balaban J connectivity index is 1.88. The molecule has 1 aromatic carbocycles. The first-order valence-electron chi connectivity index (χ1n) is 7.02. The smallest absolute Gasteiger partial charge is 0.241 e. The maximum absolute atomic E-state index is 11.6. The van der Waals surface area contributed by atoms with Crippen molar-refractivity contribution >= 4 is 11.6 Å². The van der Waals surface area contributed by atoms with E-state index in [1.54, 1.807) is 0 Å². The number of carbonyl (C=O) groups excluding carboxylic acids is 1. The quantitative estimate of drug-likeness (QED) is 0.857. The third kappa shape index (κ3) is 3.96. The lowest BCUT2D eigenvalue weighted by Gasteiger charge is -2.14. The number of anilines is 1. The van der Waals surface area contributed by atoms with E-state index >= 15 is 0 Å². The summed E-state index contributed by atoms with van der Waals surface area (Å²) >= 11 is 0. The first-order valence-corrected chi connectivity index (χ1v) is 7.02. The molecule has 1 aromatic rings. The highest BCUT2D eigenvalue weighted by atomic mass is 16.5. The van der Waals surface area contributed by atoms with E-state index in [0.29, 0.717) is 12.5 Å². The van der Waals surface area contributed by atoms with Gasteiger partial charge in [0.05, 0.1) is 12.1 Å². The maximum atomic E-state index is 11.6. The molecule has 1 amide bonds. The van der Waals surface area contributed by atoms with Gasteiger partial charge in [0.1, 0.15) is 5.75 Å². The Hall–Kier alpha value is -1.55. The van der Waals surface area contributed by atoms with Gasteiger partial charge >= 0.3 is 0 Å². The van der Waals surface area contributed by atoms with E-state index in [1.165, 1.54) is 12.8 Å². The van der Waals surface area contributed by atoms with Gasteiger partial charge in [0.25, 0.3) is 0 Å². The van der Waals surface area contributed by atoms with Gasteiger partial charge in [0.15, 0.2) is 0 Å². The minimum Gasteiger partial charge on any atom is -0.490 e. The van der Waals surface area contributed by atoms with Crippen LogP contribution in [0.1, 0.15) is 39.0 Å². The van der Waals surface area contributed by atoms with Crippen molar-refractivity contribution in [1.29, 1.82) is 0 Å².